The van der Waals surface area contributed by atoms with Crippen molar-refractivity contribution in [2.45, 2.75) is 52.0 Å². The first-order valence-electron chi connectivity index (χ1n) is 6.21. The highest BCUT2D eigenvalue weighted by molar-refractivity contribution is 7.11. The lowest BCUT2D eigenvalue weighted by Gasteiger charge is -2.13. The zero-order valence-corrected chi connectivity index (χ0v) is 11.4. The van der Waals surface area contributed by atoms with Crippen molar-refractivity contribution in [3.05, 3.63) is 16.1 Å². The lowest BCUT2D eigenvalue weighted by Crippen LogP contribution is -2.14. The van der Waals surface area contributed by atoms with Crippen LogP contribution in [0.4, 0.5) is 0 Å². The van der Waals surface area contributed by atoms with E-state index >= 15 is 0 Å². The fraction of sp³-hybridized carbons (Fsp3) is 0.769. The highest BCUT2D eigenvalue weighted by atomic mass is 32.1. The van der Waals surface area contributed by atoms with Crippen molar-refractivity contribution in [3.63, 3.8) is 0 Å². The SMILES string of the molecule is CC(C)(C)c1ncc(CNCCC2CC2)s1. The molecule has 1 aliphatic carbocycles. The Morgan fingerprint density at radius 3 is 2.75 bits per heavy atom. The molecule has 0 spiro atoms. The summed E-state index contributed by atoms with van der Waals surface area (Å²) in [6, 6.07) is 0. The molecular weight excluding hydrogens is 216 g/mol. The Morgan fingerprint density at radius 1 is 1.44 bits per heavy atom. The van der Waals surface area contributed by atoms with Gasteiger partial charge in [-0.05, 0) is 18.9 Å². The Hall–Kier alpha value is -0.410. The van der Waals surface area contributed by atoms with E-state index in [0.29, 0.717) is 0 Å². The summed E-state index contributed by atoms with van der Waals surface area (Å²) in [5, 5.41) is 4.75. The van der Waals surface area contributed by atoms with Gasteiger partial charge in [-0.25, -0.2) is 4.98 Å². The number of aromatic nitrogens is 1. The van der Waals surface area contributed by atoms with E-state index in [4.69, 9.17) is 0 Å². The van der Waals surface area contributed by atoms with E-state index in [-0.39, 0.29) is 5.41 Å². The van der Waals surface area contributed by atoms with Crippen LogP contribution in [0.2, 0.25) is 0 Å². The normalized spacial score (nSPS) is 16.7. The lowest BCUT2D eigenvalue weighted by molar-refractivity contribution is 0.585. The van der Waals surface area contributed by atoms with Crippen LogP contribution in [-0.4, -0.2) is 11.5 Å². The van der Waals surface area contributed by atoms with Gasteiger partial charge in [0.1, 0.15) is 0 Å². The highest BCUT2D eigenvalue weighted by Gasteiger charge is 2.20. The van der Waals surface area contributed by atoms with E-state index in [9.17, 15) is 0 Å². The Bertz CT molecular complexity index is 334. The smallest absolute Gasteiger partial charge is 0.0981 e. The minimum Gasteiger partial charge on any atom is -0.312 e. The van der Waals surface area contributed by atoms with Crippen LogP contribution in [0.25, 0.3) is 0 Å². The summed E-state index contributed by atoms with van der Waals surface area (Å²) >= 11 is 1.84. The Morgan fingerprint density at radius 2 is 2.19 bits per heavy atom. The van der Waals surface area contributed by atoms with Gasteiger partial charge in [0, 0.05) is 23.0 Å². The minimum absolute atomic E-state index is 0.191. The molecule has 0 saturated heterocycles. The molecule has 1 aromatic rings. The van der Waals surface area contributed by atoms with Crippen molar-refractivity contribution in [1.29, 1.82) is 0 Å². The lowest BCUT2D eigenvalue weighted by atomic mass is 9.98. The third-order valence-electron chi connectivity index (χ3n) is 2.92. The van der Waals surface area contributed by atoms with E-state index < -0.39 is 0 Å². The Balaban J connectivity index is 1.73. The second-order valence-corrected chi connectivity index (χ2v) is 6.91. The van der Waals surface area contributed by atoms with Gasteiger partial charge in [-0.3, -0.25) is 0 Å². The molecular formula is C13H22N2S. The molecule has 0 bridgehead atoms. The maximum Gasteiger partial charge on any atom is 0.0981 e. The second-order valence-electron chi connectivity index (χ2n) is 5.79. The van der Waals surface area contributed by atoms with Crippen LogP contribution in [0.15, 0.2) is 6.20 Å². The van der Waals surface area contributed by atoms with Crippen LogP contribution < -0.4 is 5.32 Å². The van der Waals surface area contributed by atoms with Crippen molar-refractivity contribution in [3.8, 4) is 0 Å². The predicted octanol–water partition coefficient (Wildman–Crippen LogP) is 3.33. The van der Waals surface area contributed by atoms with Gasteiger partial charge >= 0.3 is 0 Å². The summed E-state index contributed by atoms with van der Waals surface area (Å²) in [4.78, 5) is 5.85. The van der Waals surface area contributed by atoms with E-state index in [1.807, 2.05) is 17.5 Å². The average molecular weight is 238 g/mol. The molecule has 0 unspecified atom stereocenters. The van der Waals surface area contributed by atoms with Gasteiger partial charge in [-0.2, -0.15) is 0 Å². The number of hydrogen-bond acceptors (Lipinski definition) is 3. The van der Waals surface area contributed by atoms with E-state index in [1.165, 1.54) is 29.1 Å². The maximum absolute atomic E-state index is 4.49. The fourth-order valence-corrected chi connectivity index (χ4v) is 2.60. The van der Waals surface area contributed by atoms with Crippen molar-refractivity contribution in [2.24, 2.45) is 5.92 Å². The zero-order valence-electron chi connectivity index (χ0n) is 10.5. The molecule has 2 nitrogen and oxygen atoms in total. The minimum atomic E-state index is 0.191. The van der Waals surface area contributed by atoms with Gasteiger partial charge in [-0.15, -0.1) is 11.3 Å². The van der Waals surface area contributed by atoms with Crippen LogP contribution in [0, 0.1) is 5.92 Å². The molecule has 0 atom stereocenters. The third-order valence-corrected chi connectivity index (χ3v) is 4.34. The number of thiazole rings is 1. The van der Waals surface area contributed by atoms with Gasteiger partial charge in [0.15, 0.2) is 0 Å². The highest BCUT2D eigenvalue weighted by Crippen LogP contribution is 2.31. The molecule has 1 saturated carbocycles. The molecule has 0 amide bonds. The summed E-state index contributed by atoms with van der Waals surface area (Å²) in [6.45, 7) is 8.80. The number of rotatable bonds is 5. The average Bonchev–Trinajstić information content (AvgIpc) is 2.88. The molecule has 1 fully saturated rings. The van der Waals surface area contributed by atoms with E-state index in [1.54, 1.807) is 0 Å². The zero-order chi connectivity index (χ0) is 11.6. The van der Waals surface area contributed by atoms with E-state index in [2.05, 4.69) is 31.1 Å². The van der Waals surface area contributed by atoms with Crippen molar-refractivity contribution in [2.75, 3.05) is 6.54 Å². The summed E-state index contributed by atoms with van der Waals surface area (Å²) in [5.74, 6) is 1.03. The van der Waals surface area contributed by atoms with Gasteiger partial charge in [0.05, 0.1) is 5.01 Å². The maximum atomic E-state index is 4.49. The Labute approximate surface area is 102 Å². The molecule has 1 aliphatic rings. The van der Waals surface area contributed by atoms with Crippen molar-refractivity contribution < 1.29 is 0 Å². The predicted molar refractivity (Wildman–Crippen MR) is 69.9 cm³/mol. The molecule has 1 aromatic heterocycles. The number of nitrogens with zero attached hydrogens (tertiary/aromatic N) is 1. The Kier molecular flexibility index (Phi) is 3.65. The fourth-order valence-electron chi connectivity index (χ4n) is 1.66. The summed E-state index contributed by atoms with van der Waals surface area (Å²) in [7, 11) is 0. The van der Waals surface area contributed by atoms with Gasteiger partial charge in [-0.1, -0.05) is 33.6 Å². The summed E-state index contributed by atoms with van der Waals surface area (Å²) in [6.07, 6.45) is 6.28. The molecule has 3 heteroatoms. The first-order chi connectivity index (χ1) is 7.55. The molecule has 0 radical (unpaired) electrons. The molecule has 90 valence electrons. The van der Waals surface area contributed by atoms with Crippen LogP contribution in [-0.2, 0) is 12.0 Å². The van der Waals surface area contributed by atoms with Crippen molar-refractivity contribution >= 4 is 11.3 Å². The van der Waals surface area contributed by atoms with Crippen LogP contribution in [0.3, 0.4) is 0 Å². The number of hydrogen-bond donors (Lipinski definition) is 1. The standard InChI is InChI=1S/C13H22N2S/c1-13(2,3)12-15-9-11(16-12)8-14-7-6-10-4-5-10/h9-10,14H,4-8H2,1-3H3. The topological polar surface area (TPSA) is 24.9 Å². The third kappa shape index (κ3) is 3.56. The molecule has 1 N–H and O–H groups in total. The molecule has 2 rings (SSSR count). The van der Waals surface area contributed by atoms with Gasteiger partial charge < -0.3 is 5.32 Å². The van der Waals surface area contributed by atoms with E-state index in [0.717, 1.165) is 19.0 Å². The summed E-state index contributed by atoms with van der Waals surface area (Å²) in [5.41, 5.74) is 0.191. The quantitative estimate of drug-likeness (QED) is 0.796. The summed E-state index contributed by atoms with van der Waals surface area (Å²) < 4.78 is 0. The largest absolute Gasteiger partial charge is 0.312 e. The number of nitrogens with one attached hydrogen (secondary N) is 1. The van der Waals surface area contributed by atoms with Crippen LogP contribution in [0.1, 0.15) is 49.9 Å². The van der Waals surface area contributed by atoms with Gasteiger partial charge in [0.25, 0.3) is 0 Å². The molecule has 0 aliphatic heterocycles. The second kappa shape index (κ2) is 4.84. The first kappa shape index (κ1) is 12.1. The molecule has 16 heavy (non-hydrogen) atoms. The van der Waals surface area contributed by atoms with Crippen molar-refractivity contribution in [1.82, 2.24) is 10.3 Å². The molecule has 0 aromatic carbocycles. The monoisotopic (exact) mass is 238 g/mol. The van der Waals surface area contributed by atoms with Crippen LogP contribution >= 0.6 is 11.3 Å². The first-order valence-corrected chi connectivity index (χ1v) is 7.03. The molecule has 1 heterocycles. The van der Waals surface area contributed by atoms with Crippen LogP contribution in [0.5, 0.6) is 0 Å². The van der Waals surface area contributed by atoms with Gasteiger partial charge in [0.2, 0.25) is 0 Å².